The molecule has 1 aromatic heterocycles. The van der Waals surface area contributed by atoms with Gasteiger partial charge in [0.05, 0.1) is 6.20 Å². The van der Waals surface area contributed by atoms with Gasteiger partial charge in [-0.25, -0.2) is 13.8 Å². The lowest BCUT2D eigenvalue weighted by Gasteiger charge is -2.22. The summed E-state index contributed by atoms with van der Waals surface area (Å²) in [6.45, 7) is 0.919. The summed E-state index contributed by atoms with van der Waals surface area (Å²) in [7, 11) is 0. The standard InChI is InChI=1S/C12H15F2N3O/c13-8-5-10(14)11(16-6-8)12(18)17-4-2-1-3-9(15)7-17/h5-6,9H,1-4,7,15H2/t9-/m1/s1. The van der Waals surface area contributed by atoms with Crippen LogP contribution in [0.5, 0.6) is 0 Å². The van der Waals surface area contributed by atoms with E-state index in [9.17, 15) is 13.6 Å². The molecule has 0 unspecified atom stereocenters. The zero-order valence-corrected chi connectivity index (χ0v) is 9.90. The van der Waals surface area contributed by atoms with E-state index < -0.39 is 17.5 Å². The second-order valence-electron chi connectivity index (χ2n) is 4.49. The van der Waals surface area contributed by atoms with Crippen molar-refractivity contribution in [3.8, 4) is 0 Å². The Labute approximate surface area is 104 Å². The molecule has 0 aliphatic carbocycles. The van der Waals surface area contributed by atoms with Crippen LogP contribution in [0.2, 0.25) is 0 Å². The molecule has 0 bridgehead atoms. The fraction of sp³-hybridized carbons (Fsp3) is 0.500. The van der Waals surface area contributed by atoms with Crippen molar-refractivity contribution in [2.45, 2.75) is 25.3 Å². The molecule has 98 valence electrons. The predicted octanol–water partition coefficient (Wildman–Crippen LogP) is 1.31. The van der Waals surface area contributed by atoms with Gasteiger partial charge in [-0.1, -0.05) is 6.42 Å². The average Bonchev–Trinajstić information content (AvgIpc) is 2.53. The van der Waals surface area contributed by atoms with Gasteiger partial charge in [0.25, 0.3) is 5.91 Å². The van der Waals surface area contributed by atoms with E-state index in [1.165, 1.54) is 4.90 Å². The third kappa shape index (κ3) is 2.81. The maximum absolute atomic E-state index is 13.5. The van der Waals surface area contributed by atoms with E-state index in [-0.39, 0.29) is 11.7 Å². The van der Waals surface area contributed by atoms with Gasteiger partial charge in [0, 0.05) is 25.2 Å². The van der Waals surface area contributed by atoms with Crippen LogP contribution in [0.1, 0.15) is 29.8 Å². The Bertz CT molecular complexity index is 453. The Hall–Kier alpha value is -1.56. The van der Waals surface area contributed by atoms with Crippen molar-refractivity contribution in [1.82, 2.24) is 9.88 Å². The number of nitrogens with two attached hydrogens (primary N) is 1. The topological polar surface area (TPSA) is 59.2 Å². The molecule has 1 aliphatic heterocycles. The van der Waals surface area contributed by atoms with Gasteiger partial charge in [0.2, 0.25) is 0 Å². The third-order valence-electron chi connectivity index (χ3n) is 3.01. The summed E-state index contributed by atoms with van der Waals surface area (Å²) in [5.41, 5.74) is 5.49. The van der Waals surface area contributed by atoms with Gasteiger partial charge in [-0.3, -0.25) is 4.79 Å². The average molecular weight is 255 g/mol. The third-order valence-corrected chi connectivity index (χ3v) is 3.01. The van der Waals surface area contributed by atoms with Crippen LogP contribution in [0.4, 0.5) is 8.78 Å². The molecule has 1 amide bonds. The number of carbonyl (C=O) groups is 1. The van der Waals surface area contributed by atoms with Crippen molar-refractivity contribution in [3.05, 3.63) is 29.6 Å². The van der Waals surface area contributed by atoms with Crippen LogP contribution in [0.3, 0.4) is 0 Å². The molecule has 18 heavy (non-hydrogen) atoms. The first-order valence-corrected chi connectivity index (χ1v) is 5.94. The van der Waals surface area contributed by atoms with Crippen LogP contribution < -0.4 is 5.73 Å². The summed E-state index contributed by atoms with van der Waals surface area (Å²) in [6.07, 6.45) is 3.48. The highest BCUT2D eigenvalue weighted by atomic mass is 19.1. The fourth-order valence-electron chi connectivity index (χ4n) is 2.08. The van der Waals surface area contributed by atoms with E-state index in [4.69, 9.17) is 5.73 Å². The molecule has 1 atom stereocenters. The molecule has 2 N–H and O–H groups in total. The molecule has 0 aromatic carbocycles. The van der Waals surface area contributed by atoms with Gasteiger partial charge in [-0.05, 0) is 12.8 Å². The SMILES string of the molecule is N[C@@H]1CCCCN(C(=O)c2ncc(F)cc2F)C1. The second kappa shape index (κ2) is 5.39. The number of halogens is 2. The van der Waals surface area contributed by atoms with E-state index in [1.54, 1.807) is 0 Å². The molecule has 1 aromatic rings. The summed E-state index contributed by atoms with van der Waals surface area (Å²) in [6, 6.07) is 0.567. The van der Waals surface area contributed by atoms with Crippen molar-refractivity contribution in [2.75, 3.05) is 13.1 Å². The van der Waals surface area contributed by atoms with E-state index in [1.807, 2.05) is 0 Å². The molecule has 2 heterocycles. The number of likely N-dealkylation sites (tertiary alicyclic amines) is 1. The maximum Gasteiger partial charge on any atom is 0.275 e. The lowest BCUT2D eigenvalue weighted by molar-refractivity contribution is 0.0743. The molecule has 2 rings (SSSR count). The van der Waals surface area contributed by atoms with Crippen LogP contribution in [0.25, 0.3) is 0 Å². The van der Waals surface area contributed by atoms with Crippen molar-refractivity contribution < 1.29 is 13.6 Å². The minimum atomic E-state index is -0.933. The first kappa shape index (κ1) is 12.9. The second-order valence-corrected chi connectivity index (χ2v) is 4.49. The highest BCUT2D eigenvalue weighted by Crippen LogP contribution is 2.14. The van der Waals surface area contributed by atoms with Gasteiger partial charge in [0.1, 0.15) is 5.82 Å². The number of rotatable bonds is 1. The highest BCUT2D eigenvalue weighted by Gasteiger charge is 2.24. The summed E-state index contributed by atoms with van der Waals surface area (Å²) in [5, 5.41) is 0. The monoisotopic (exact) mass is 255 g/mol. The Kier molecular flexibility index (Phi) is 3.86. The van der Waals surface area contributed by atoms with Crippen molar-refractivity contribution >= 4 is 5.91 Å². The Balaban J connectivity index is 2.19. The van der Waals surface area contributed by atoms with Crippen LogP contribution in [-0.4, -0.2) is 34.9 Å². The summed E-state index contributed by atoms with van der Waals surface area (Å²) >= 11 is 0. The molecule has 1 saturated heterocycles. The lowest BCUT2D eigenvalue weighted by Crippen LogP contribution is -2.40. The van der Waals surface area contributed by atoms with Gasteiger partial charge >= 0.3 is 0 Å². The van der Waals surface area contributed by atoms with Crippen molar-refractivity contribution in [1.29, 1.82) is 0 Å². The number of hydrogen-bond acceptors (Lipinski definition) is 3. The molecular weight excluding hydrogens is 240 g/mol. The smallest absolute Gasteiger partial charge is 0.275 e. The number of amides is 1. The Morgan fingerprint density at radius 2 is 2.22 bits per heavy atom. The quantitative estimate of drug-likeness (QED) is 0.823. The largest absolute Gasteiger partial charge is 0.336 e. The first-order valence-electron chi connectivity index (χ1n) is 5.94. The molecule has 0 saturated carbocycles. The zero-order chi connectivity index (χ0) is 13.1. The predicted molar refractivity (Wildman–Crippen MR) is 61.9 cm³/mol. The summed E-state index contributed by atoms with van der Waals surface area (Å²) in [5.74, 6) is -2.25. The van der Waals surface area contributed by atoms with Gasteiger partial charge in [0.15, 0.2) is 11.5 Å². The van der Waals surface area contributed by atoms with Crippen LogP contribution in [0, 0.1) is 11.6 Å². The minimum Gasteiger partial charge on any atom is -0.336 e. The van der Waals surface area contributed by atoms with E-state index in [2.05, 4.69) is 4.98 Å². The first-order chi connectivity index (χ1) is 8.58. The molecule has 1 fully saturated rings. The van der Waals surface area contributed by atoms with E-state index in [0.29, 0.717) is 19.2 Å². The summed E-state index contributed by atoms with van der Waals surface area (Å²) in [4.78, 5) is 17.1. The van der Waals surface area contributed by atoms with E-state index in [0.717, 1.165) is 25.5 Å². The van der Waals surface area contributed by atoms with Crippen LogP contribution in [-0.2, 0) is 0 Å². The molecule has 4 nitrogen and oxygen atoms in total. The highest BCUT2D eigenvalue weighted by molar-refractivity contribution is 5.92. The zero-order valence-electron chi connectivity index (χ0n) is 9.90. The molecule has 0 spiro atoms. The molecule has 1 aliphatic rings. The normalized spacial score (nSPS) is 20.6. The van der Waals surface area contributed by atoms with Gasteiger partial charge in [-0.2, -0.15) is 0 Å². The lowest BCUT2D eigenvalue weighted by atomic mass is 10.2. The van der Waals surface area contributed by atoms with Crippen LogP contribution >= 0.6 is 0 Å². The molecular formula is C12H15F2N3O. The number of pyridine rings is 1. The number of aromatic nitrogens is 1. The number of nitrogens with zero attached hydrogens (tertiary/aromatic N) is 2. The fourth-order valence-corrected chi connectivity index (χ4v) is 2.08. The summed E-state index contributed by atoms with van der Waals surface area (Å²) < 4.78 is 26.2. The Morgan fingerprint density at radius 3 is 2.94 bits per heavy atom. The molecule has 0 radical (unpaired) electrons. The Morgan fingerprint density at radius 1 is 1.44 bits per heavy atom. The molecule has 6 heteroatoms. The van der Waals surface area contributed by atoms with Gasteiger partial charge < -0.3 is 10.6 Å². The van der Waals surface area contributed by atoms with Crippen LogP contribution in [0.15, 0.2) is 12.3 Å². The van der Waals surface area contributed by atoms with Crippen molar-refractivity contribution in [2.24, 2.45) is 5.73 Å². The van der Waals surface area contributed by atoms with Gasteiger partial charge in [-0.15, -0.1) is 0 Å². The number of hydrogen-bond donors (Lipinski definition) is 1. The maximum atomic E-state index is 13.5. The van der Waals surface area contributed by atoms with E-state index >= 15 is 0 Å². The minimum absolute atomic E-state index is 0.0973. The number of carbonyl (C=O) groups excluding carboxylic acids is 1. The van der Waals surface area contributed by atoms with Crippen molar-refractivity contribution in [3.63, 3.8) is 0 Å².